The monoisotopic (exact) mass is 540 g/mol. The number of hydrogen-bond acceptors (Lipinski definition) is 6. The average molecular weight is 542 g/mol. The quantitative estimate of drug-likeness (QED) is 0.576. The van der Waals surface area contributed by atoms with Gasteiger partial charge in [-0.15, -0.1) is 0 Å². The second-order valence-electron chi connectivity index (χ2n) is 10.4. The Morgan fingerprint density at radius 1 is 0.943 bits per heavy atom. The molecule has 1 amide bonds. The highest BCUT2D eigenvalue weighted by Crippen LogP contribution is 2.37. The lowest BCUT2D eigenvalue weighted by Crippen LogP contribution is -2.55. The van der Waals surface area contributed by atoms with Gasteiger partial charge in [-0.3, -0.25) is 14.6 Å². The topological polar surface area (TPSA) is 55.8 Å². The number of rotatable bonds is 5. The van der Waals surface area contributed by atoms with E-state index in [4.69, 9.17) is 0 Å². The molecule has 7 nitrogen and oxygen atoms in total. The molecule has 0 N–H and O–H groups in total. The number of hydrogen-bond donors (Lipinski definition) is 0. The molecule has 2 aromatic rings. The summed E-state index contributed by atoms with van der Waals surface area (Å²) in [5.41, 5.74) is 3.61. The van der Waals surface area contributed by atoms with Gasteiger partial charge in [0.2, 0.25) is 5.91 Å². The van der Waals surface area contributed by atoms with Gasteiger partial charge in [0.25, 0.3) is 0 Å². The van der Waals surface area contributed by atoms with Crippen LogP contribution in [0.2, 0.25) is 0 Å². The summed E-state index contributed by atoms with van der Waals surface area (Å²) in [6, 6.07) is 8.61. The maximum Gasteiger partial charge on any atom is 0.244 e. The van der Waals surface area contributed by atoms with Crippen LogP contribution in [-0.2, 0) is 11.2 Å². The fourth-order valence-corrected chi connectivity index (χ4v) is 6.12. The number of carbonyl (C=O) groups excluding carboxylic acids is 1. The van der Waals surface area contributed by atoms with Crippen molar-refractivity contribution in [2.24, 2.45) is 0 Å². The number of aromatic nitrogens is 2. The lowest BCUT2D eigenvalue weighted by Gasteiger charge is -2.43. The standard InChI is InChI=1S/C27H37BrN6O/c1-19(2)31-10-12-32(13-11-31)25(21-5-7-22(28)8-6-21)27(35)34-16-14-33(15-17-34)26-24-20(3)4-9-23(24)29-18-30-26/h5-8,18-20,25H,4,9-17H2,1-3H3. The maximum atomic E-state index is 14.0. The molecular weight excluding hydrogens is 504 g/mol. The van der Waals surface area contributed by atoms with Gasteiger partial charge in [-0.05, 0) is 50.3 Å². The highest BCUT2D eigenvalue weighted by molar-refractivity contribution is 9.10. The molecule has 2 unspecified atom stereocenters. The van der Waals surface area contributed by atoms with Crippen molar-refractivity contribution in [1.29, 1.82) is 0 Å². The van der Waals surface area contributed by atoms with Crippen LogP contribution < -0.4 is 4.90 Å². The zero-order chi connectivity index (χ0) is 24.5. The molecular formula is C27H37BrN6O. The zero-order valence-electron chi connectivity index (χ0n) is 21.2. The van der Waals surface area contributed by atoms with Gasteiger partial charge in [0.1, 0.15) is 18.2 Å². The van der Waals surface area contributed by atoms with Crippen LogP contribution in [-0.4, -0.2) is 89.0 Å². The Balaban J connectivity index is 1.31. The Morgan fingerprint density at radius 3 is 2.26 bits per heavy atom. The fourth-order valence-electron chi connectivity index (χ4n) is 5.85. The van der Waals surface area contributed by atoms with E-state index >= 15 is 0 Å². The molecule has 1 aromatic carbocycles. The minimum Gasteiger partial charge on any atom is -0.353 e. The number of piperazine rings is 2. The molecule has 2 saturated heterocycles. The Hall–Kier alpha value is -2.03. The van der Waals surface area contributed by atoms with Gasteiger partial charge in [-0.25, -0.2) is 9.97 Å². The summed E-state index contributed by atoms with van der Waals surface area (Å²) in [6.45, 7) is 13.7. The number of carbonyl (C=O) groups is 1. The van der Waals surface area contributed by atoms with Crippen LogP contribution in [0.4, 0.5) is 5.82 Å². The number of amides is 1. The third-order valence-corrected chi connectivity index (χ3v) is 8.54. The third-order valence-electron chi connectivity index (χ3n) is 8.01. The van der Waals surface area contributed by atoms with Crippen molar-refractivity contribution in [2.75, 3.05) is 57.3 Å². The number of aryl methyl sites for hydroxylation is 1. The van der Waals surface area contributed by atoms with Crippen LogP contribution in [0, 0.1) is 0 Å². The normalized spacial score (nSPS) is 22.5. The molecule has 2 aliphatic heterocycles. The lowest BCUT2D eigenvalue weighted by molar-refractivity contribution is -0.138. The molecule has 5 rings (SSSR count). The van der Waals surface area contributed by atoms with Gasteiger partial charge in [-0.1, -0.05) is 35.0 Å². The van der Waals surface area contributed by atoms with E-state index in [1.807, 2.05) is 0 Å². The molecule has 2 fully saturated rings. The van der Waals surface area contributed by atoms with Gasteiger partial charge in [-0.2, -0.15) is 0 Å². The van der Waals surface area contributed by atoms with Crippen molar-refractivity contribution < 1.29 is 4.79 Å². The summed E-state index contributed by atoms with van der Waals surface area (Å²) in [5, 5.41) is 0. The van der Waals surface area contributed by atoms with Gasteiger partial charge < -0.3 is 9.80 Å². The largest absolute Gasteiger partial charge is 0.353 e. The third kappa shape index (κ3) is 5.11. The average Bonchev–Trinajstić information content (AvgIpc) is 3.26. The predicted molar refractivity (Wildman–Crippen MR) is 143 cm³/mol. The smallest absolute Gasteiger partial charge is 0.244 e. The molecule has 3 heterocycles. The molecule has 1 aromatic heterocycles. The molecule has 35 heavy (non-hydrogen) atoms. The van der Waals surface area contributed by atoms with Gasteiger partial charge in [0.05, 0.1) is 0 Å². The van der Waals surface area contributed by atoms with Crippen LogP contribution in [0.15, 0.2) is 35.1 Å². The molecule has 8 heteroatoms. The van der Waals surface area contributed by atoms with E-state index in [0.29, 0.717) is 12.0 Å². The number of benzene rings is 1. The first-order valence-electron chi connectivity index (χ1n) is 13.0. The second kappa shape index (κ2) is 10.5. The molecule has 0 bridgehead atoms. The number of anilines is 1. The summed E-state index contributed by atoms with van der Waals surface area (Å²) in [7, 11) is 0. The van der Waals surface area contributed by atoms with Crippen molar-refractivity contribution in [2.45, 2.75) is 51.6 Å². The predicted octanol–water partition coefficient (Wildman–Crippen LogP) is 3.70. The van der Waals surface area contributed by atoms with E-state index in [0.717, 1.165) is 81.1 Å². The first-order chi connectivity index (χ1) is 16.9. The van der Waals surface area contributed by atoms with Gasteiger partial charge in [0.15, 0.2) is 0 Å². The van der Waals surface area contributed by atoms with E-state index in [-0.39, 0.29) is 11.9 Å². The van der Waals surface area contributed by atoms with Crippen molar-refractivity contribution >= 4 is 27.7 Å². The molecule has 2 atom stereocenters. The van der Waals surface area contributed by atoms with Crippen LogP contribution in [0.5, 0.6) is 0 Å². The summed E-state index contributed by atoms with van der Waals surface area (Å²) in [5.74, 6) is 1.82. The van der Waals surface area contributed by atoms with Crippen LogP contribution in [0.1, 0.15) is 56.0 Å². The molecule has 3 aliphatic rings. The Kier molecular flexibility index (Phi) is 7.42. The molecule has 188 valence electrons. The van der Waals surface area contributed by atoms with Crippen molar-refractivity contribution in [3.05, 3.63) is 51.9 Å². The summed E-state index contributed by atoms with van der Waals surface area (Å²) >= 11 is 3.55. The highest BCUT2D eigenvalue weighted by atomic mass is 79.9. The number of halogens is 1. The molecule has 1 aliphatic carbocycles. The van der Waals surface area contributed by atoms with E-state index in [9.17, 15) is 4.79 Å². The van der Waals surface area contributed by atoms with E-state index in [2.05, 4.69) is 90.5 Å². The first kappa shape index (κ1) is 24.7. The highest BCUT2D eigenvalue weighted by Gasteiger charge is 2.36. The fraction of sp³-hybridized carbons (Fsp3) is 0.593. The zero-order valence-corrected chi connectivity index (χ0v) is 22.7. The van der Waals surface area contributed by atoms with E-state index in [1.165, 1.54) is 11.3 Å². The van der Waals surface area contributed by atoms with E-state index < -0.39 is 0 Å². The first-order valence-corrected chi connectivity index (χ1v) is 13.8. The van der Waals surface area contributed by atoms with Gasteiger partial charge in [0, 0.05) is 74.1 Å². The van der Waals surface area contributed by atoms with Crippen LogP contribution in [0.3, 0.4) is 0 Å². The lowest BCUT2D eigenvalue weighted by atomic mass is 10.0. The van der Waals surface area contributed by atoms with Crippen molar-refractivity contribution in [3.63, 3.8) is 0 Å². The van der Waals surface area contributed by atoms with E-state index in [1.54, 1.807) is 6.33 Å². The Bertz CT molecular complexity index is 1030. The summed E-state index contributed by atoms with van der Waals surface area (Å²) in [6.07, 6.45) is 3.91. The van der Waals surface area contributed by atoms with Crippen molar-refractivity contribution in [3.8, 4) is 0 Å². The number of nitrogens with zero attached hydrogens (tertiary/aromatic N) is 6. The minimum atomic E-state index is -0.229. The van der Waals surface area contributed by atoms with Crippen LogP contribution >= 0.6 is 15.9 Å². The SMILES string of the molecule is CC1CCc2ncnc(N3CCN(C(=O)C(c4ccc(Br)cc4)N4CCN(C(C)C)CC4)CC3)c21. The summed E-state index contributed by atoms with van der Waals surface area (Å²) < 4.78 is 1.04. The Morgan fingerprint density at radius 2 is 1.60 bits per heavy atom. The van der Waals surface area contributed by atoms with Crippen LogP contribution in [0.25, 0.3) is 0 Å². The maximum absolute atomic E-state index is 14.0. The minimum absolute atomic E-state index is 0.228. The van der Waals surface area contributed by atoms with Gasteiger partial charge >= 0.3 is 0 Å². The second-order valence-corrected chi connectivity index (χ2v) is 11.3. The molecule has 0 radical (unpaired) electrons. The Labute approximate surface area is 217 Å². The summed E-state index contributed by atoms with van der Waals surface area (Å²) in [4.78, 5) is 32.5. The molecule has 0 spiro atoms. The molecule has 0 saturated carbocycles. The number of fused-ring (bicyclic) bond motifs is 1. The van der Waals surface area contributed by atoms with Crippen molar-refractivity contribution in [1.82, 2.24) is 24.7 Å².